The van der Waals surface area contributed by atoms with Gasteiger partial charge in [0, 0.05) is 12.1 Å². The van der Waals surface area contributed by atoms with Crippen molar-refractivity contribution in [3.63, 3.8) is 0 Å². The van der Waals surface area contributed by atoms with Crippen LogP contribution in [-0.2, 0) is 9.59 Å². The van der Waals surface area contributed by atoms with Gasteiger partial charge in [0.2, 0.25) is 5.91 Å². The van der Waals surface area contributed by atoms with Crippen molar-refractivity contribution < 1.29 is 28.2 Å². The first-order chi connectivity index (χ1) is 9.20. The van der Waals surface area contributed by atoms with E-state index in [1.54, 1.807) is 0 Å². The molecule has 0 aliphatic rings. The number of ether oxygens (including phenoxy) is 1. The van der Waals surface area contributed by atoms with E-state index in [-0.39, 0.29) is 12.2 Å². The van der Waals surface area contributed by atoms with E-state index in [2.05, 4.69) is 10.1 Å². The van der Waals surface area contributed by atoms with Crippen molar-refractivity contribution in [1.29, 1.82) is 0 Å². The third-order valence-electron chi connectivity index (χ3n) is 2.54. The molecular formula is C13H15F2NO4. The lowest BCUT2D eigenvalue weighted by Crippen LogP contribution is -2.29. The topological polar surface area (TPSA) is 75.6 Å². The first-order valence-electron chi connectivity index (χ1n) is 5.79. The lowest BCUT2D eigenvalue weighted by molar-refractivity contribution is -0.148. The lowest BCUT2D eigenvalue weighted by Gasteiger charge is -2.18. The highest BCUT2D eigenvalue weighted by Gasteiger charge is 2.30. The van der Waals surface area contributed by atoms with Gasteiger partial charge in [-0.25, -0.2) is 0 Å². The van der Waals surface area contributed by atoms with Crippen molar-refractivity contribution >= 4 is 17.6 Å². The third kappa shape index (κ3) is 4.83. The van der Waals surface area contributed by atoms with Crippen LogP contribution in [0.2, 0.25) is 0 Å². The van der Waals surface area contributed by atoms with Crippen LogP contribution < -0.4 is 10.1 Å². The van der Waals surface area contributed by atoms with Crippen LogP contribution in [-0.4, -0.2) is 23.6 Å². The molecule has 20 heavy (non-hydrogen) atoms. The van der Waals surface area contributed by atoms with Gasteiger partial charge in [-0.3, -0.25) is 9.59 Å². The molecule has 1 rings (SSSR count). The smallest absolute Gasteiger partial charge is 0.387 e. The number of aliphatic carboxylic acids is 1. The van der Waals surface area contributed by atoms with Crippen molar-refractivity contribution in [3.8, 4) is 5.75 Å². The van der Waals surface area contributed by atoms with E-state index in [0.29, 0.717) is 5.69 Å². The zero-order valence-corrected chi connectivity index (χ0v) is 11.0. The molecule has 0 unspecified atom stereocenters. The molecule has 0 bridgehead atoms. The van der Waals surface area contributed by atoms with Gasteiger partial charge < -0.3 is 15.2 Å². The van der Waals surface area contributed by atoms with Gasteiger partial charge >= 0.3 is 12.6 Å². The Labute approximate surface area is 114 Å². The number of hydrogen-bond donors (Lipinski definition) is 2. The second-order valence-corrected chi connectivity index (χ2v) is 4.82. The van der Waals surface area contributed by atoms with Gasteiger partial charge in [-0.2, -0.15) is 8.78 Å². The fraction of sp³-hybridized carbons (Fsp3) is 0.385. The number of amides is 1. The summed E-state index contributed by atoms with van der Waals surface area (Å²) in [5.41, 5.74) is -0.805. The van der Waals surface area contributed by atoms with E-state index >= 15 is 0 Å². The molecule has 5 nitrogen and oxygen atoms in total. The van der Waals surface area contributed by atoms with Crippen molar-refractivity contribution in [2.45, 2.75) is 26.9 Å². The Morgan fingerprint density at radius 1 is 1.30 bits per heavy atom. The Morgan fingerprint density at radius 3 is 2.30 bits per heavy atom. The van der Waals surface area contributed by atoms with E-state index < -0.39 is 23.9 Å². The molecule has 0 heterocycles. The average Bonchev–Trinajstić information content (AvgIpc) is 2.30. The van der Waals surface area contributed by atoms with Crippen LogP contribution in [0.4, 0.5) is 14.5 Å². The molecule has 110 valence electrons. The highest BCUT2D eigenvalue weighted by atomic mass is 19.3. The Hall–Kier alpha value is -2.18. The maximum Gasteiger partial charge on any atom is 0.387 e. The summed E-state index contributed by atoms with van der Waals surface area (Å²) >= 11 is 0. The normalized spacial score (nSPS) is 11.2. The Balaban J connectivity index is 2.61. The summed E-state index contributed by atoms with van der Waals surface area (Å²) in [7, 11) is 0. The number of rotatable bonds is 6. The van der Waals surface area contributed by atoms with Gasteiger partial charge in [0.1, 0.15) is 5.75 Å². The van der Waals surface area contributed by atoms with Crippen molar-refractivity contribution in [2.75, 3.05) is 5.32 Å². The quantitative estimate of drug-likeness (QED) is 0.843. The number of anilines is 1. The van der Waals surface area contributed by atoms with E-state index in [1.807, 2.05) is 0 Å². The molecule has 1 amide bonds. The molecule has 0 fully saturated rings. The largest absolute Gasteiger partial charge is 0.481 e. The van der Waals surface area contributed by atoms with Gasteiger partial charge in [0.05, 0.1) is 5.41 Å². The van der Waals surface area contributed by atoms with Crippen LogP contribution in [0.25, 0.3) is 0 Å². The van der Waals surface area contributed by atoms with Crippen LogP contribution in [0.3, 0.4) is 0 Å². The molecule has 0 spiro atoms. The van der Waals surface area contributed by atoms with Crippen LogP contribution in [0.15, 0.2) is 24.3 Å². The van der Waals surface area contributed by atoms with Crippen LogP contribution in [0.1, 0.15) is 20.3 Å². The summed E-state index contributed by atoms with van der Waals surface area (Å²) in [5, 5.41) is 11.4. The number of hydrogen-bond acceptors (Lipinski definition) is 3. The standard InChI is InChI=1S/C13H15F2NO4/c1-13(2,11(18)19)7-10(17)16-8-3-5-9(6-4-8)20-12(14)15/h3-6,12H,7H2,1-2H3,(H,16,17)(H,18,19). The Bertz CT molecular complexity index is 486. The van der Waals surface area contributed by atoms with E-state index in [0.717, 1.165) is 0 Å². The molecule has 0 saturated heterocycles. The van der Waals surface area contributed by atoms with Gasteiger partial charge in [-0.1, -0.05) is 0 Å². The maximum absolute atomic E-state index is 11.9. The number of halogens is 2. The second-order valence-electron chi connectivity index (χ2n) is 4.82. The summed E-state index contributed by atoms with van der Waals surface area (Å²) in [6.07, 6.45) is -0.197. The zero-order valence-electron chi connectivity index (χ0n) is 11.0. The summed E-state index contributed by atoms with van der Waals surface area (Å²) in [6.45, 7) is -0.0324. The minimum atomic E-state index is -2.91. The second kappa shape index (κ2) is 6.31. The predicted molar refractivity (Wildman–Crippen MR) is 67.7 cm³/mol. The van der Waals surface area contributed by atoms with E-state index in [1.165, 1.54) is 38.1 Å². The number of benzene rings is 1. The molecule has 0 aliphatic heterocycles. The van der Waals surface area contributed by atoms with Gasteiger partial charge in [0.15, 0.2) is 0 Å². The lowest BCUT2D eigenvalue weighted by atomic mass is 9.89. The maximum atomic E-state index is 11.9. The van der Waals surface area contributed by atoms with Crippen molar-refractivity contribution in [1.82, 2.24) is 0 Å². The molecule has 0 atom stereocenters. The summed E-state index contributed by atoms with van der Waals surface area (Å²) < 4.78 is 28.1. The first-order valence-corrected chi connectivity index (χ1v) is 5.79. The molecule has 0 saturated carbocycles. The molecule has 0 aromatic heterocycles. The molecule has 0 radical (unpaired) electrons. The number of alkyl halides is 2. The predicted octanol–water partition coefficient (Wildman–Crippen LogP) is 2.73. The molecule has 1 aromatic carbocycles. The van der Waals surface area contributed by atoms with Crippen LogP contribution in [0.5, 0.6) is 5.75 Å². The minimum Gasteiger partial charge on any atom is -0.481 e. The van der Waals surface area contributed by atoms with E-state index in [9.17, 15) is 18.4 Å². The Kier molecular flexibility index (Phi) is 5.01. The minimum absolute atomic E-state index is 0.0242. The fourth-order valence-electron chi connectivity index (χ4n) is 1.40. The van der Waals surface area contributed by atoms with E-state index in [4.69, 9.17) is 5.11 Å². The van der Waals surface area contributed by atoms with Gasteiger partial charge in [-0.15, -0.1) is 0 Å². The zero-order chi connectivity index (χ0) is 15.3. The monoisotopic (exact) mass is 287 g/mol. The third-order valence-corrected chi connectivity index (χ3v) is 2.54. The summed E-state index contributed by atoms with van der Waals surface area (Å²) in [6, 6.07) is 5.35. The molecule has 1 aromatic rings. The highest BCUT2D eigenvalue weighted by Crippen LogP contribution is 2.22. The van der Waals surface area contributed by atoms with Crippen molar-refractivity contribution in [2.24, 2.45) is 5.41 Å². The average molecular weight is 287 g/mol. The Morgan fingerprint density at radius 2 is 1.85 bits per heavy atom. The number of carboxylic acid groups (broad SMARTS) is 1. The first kappa shape index (κ1) is 15.9. The van der Waals surface area contributed by atoms with Gasteiger partial charge in [-0.05, 0) is 38.1 Å². The number of nitrogens with one attached hydrogen (secondary N) is 1. The molecule has 0 aliphatic carbocycles. The number of carbonyl (C=O) groups is 2. The van der Waals surface area contributed by atoms with Crippen LogP contribution in [0, 0.1) is 5.41 Å². The van der Waals surface area contributed by atoms with Gasteiger partial charge in [0.25, 0.3) is 0 Å². The number of carbonyl (C=O) groups excluding carboxylic acids is 1. The fourth-order valence-corrected chi connectivity index (χ4v) is 1.40. The summed E-state index contributed by atoms with van der Waals surface area (Å²) in [5.74, 6) is -1.57. The number of carboxylic acids is 1. The molecule has 2 N–H and O–H groups in total. The van der Waals surface area contributed by atoms with Crippen LogP contribution >= 0.6 is 0 Å². The SMILES string of the molecule is CC(C)(CC(=O)Nc1ccc(OC(F)F)cc1)C(=O)O. The molecule has 7 heteroatoms. The summed E-state index contributed by atoms with van der Waals surface area (Å²) in [4.78, 5) is 22.6. The molecular weight excluding hydrogens is 272 g/mol. The van der Waals surface area contributed by atoms with Crippen molar-refractivity contribution in [3.05, 3.63) is 24.3 Å². The highest BCUT2D eigenvalue weighted by molar-refractivity contribution is 5.94.